The smallest absolute Gasteiger partial charge is 0.124 e. The molecule has 0 aliphatic rings. The van der Waals surface area contributed by atoms with E-state index in [2.05, 4.69) is 0 Å². The molecule has 90 valence electrons. The Bertz CT molecular complexity index is 355. The van der Waals surface area contributed by atoms with E-state index in [0.29, 0.717) is 0 Å². The fourth-order valence-electron chi connectivity index (χ4n) is 1.90. The van der Waals surface area contributed by atoms with Crippen LogP contribution in [0.1, 0.15) is 37.5 Å². The van der Waals surface area contributed by atoms with Crippen molar-refractivity contribution in [2.75, 3.05) is 7.11 Å². The summed E-state index contributed by atoms with van der Waals surface area (Å²) in [7, 11) is 1.68. The largest absolute Gasteiger partial charge is 0.496 e. The second-order valence-corrected chi connectivity index (χ2v) is 4.95. The highest BCUT2D eigenvalue weighted by atomic mass is 16.5. The molecule has 0 spiro atoms. The monoisotopic (exact) mass is 222 g/mol. The second-order valence-electron chi connectivity index (χ2n) is 4.95. The van der Waals surface area contributed by atoms with E-state index in [0.717, 1.165) is 22.4 Å². The molecule has 2 nitrogen and oxygen atoms in total. The predicted molar refractivity (Wildman–Crippen MR) is 66.9 cm³/mol. The van der Waals surface area contributed by atoms with Crippen molar-refractivity contribution in [3.05, 3.63) is 28.8 Å². The van der Waals surface area contributed by atoms with Crippen LogP contribution in [0, 0.1) is 19.8 Å². The first-order valence-corrected chi connectivity index (χ1v) is 5.68. The van der Waals surface area contributed by atoms with Gasteiger partial charge in [0.1, 0.15) is 5.75 Å². The SMILES string of the molecule is COc1c(C)cc(C(C)(O)C(C)C)cc1C. The van der Waals surface area contributed by atoms with Crippen LogP contribution in [0.3, 0.4) is 0 Å². The maximum absolute atomic E-state index is 10.4. The Hall–Kier alpha value is -1.02. The summed E-state index contributed by atoms with van der Waals surface area (Å²) in [6, 6.07) is 4.01. The summed E-state index contributed by atoms with van der Waals surface area (Å²) in [6.07, 6.45) is 0. The summed E-state index contributed by atoms with van der Waals surface area (Å²) in [5.74, 6) is 1.09. The van der Waals surface area contributed by atoms with Gasteiger partial charge >= 0.3 is 0 Å². The van der Waals surface area contributed by atoms with Gasteiger partial charge in [-0.05, 0) is 55.5 Å². The van der Waals surface area contributed by atoms with Crippen molar-refractivity contribution in [1.29, 1.82) is 0 Å². The van der Waals surface area contributed by atoms with Gasteiger partial charge in [-0.3, -0.25) is 0 Å². The van der Waals surface area contributed by atoms with Crippen LogP contribution in [0.25, 0.3) is 0 Å². The molecule has 0 radical (unpaired) electrons. The van der Waals surface area contributed by atoms with Crippen molar-refractivity contribution in [3.8, 4) is 5.75 Å². The van der Waals surface area contributed by atoms with Gasteiger partial charge in [-0.2, -0.15) is 0 Å². The highest BCUT2D eigenvalue weighted by Gasteiger charge is 2.28. The van der Waals surface area contributed by atoms with Gasteiger partial charge in [0.15, 0.2) is 0 Å². The minimum Gasteiger partial charge on any atom is -0.496 e. The van der Waals surface area contributed by atoms with Crippen molar-refractivity contribution in [3.63, 3.8) is 0 Å². The van der Waals surface area contributed by atoms with Gasteiger partial charge in [0.25, 0.3) is 0 Å². The Balaban J connectivity index is 3.29. The summed E-state index contributed by atoms with van der Waals surface area (Å²) in [5.41, 5.74) is 2.30. The molecule has 1 atom stereocenters. The topological polar surface area (TPSA) is 29.5 Å². The standard InChI is InChI=1S/C14H22O2/c1-9(2)14(5,15)12-7-10(3)13(16-6)11(4)8-12/h7-9,15H,1-6H3. The number of aliphatic hydroxyl groups is 1. The van der Waals surface area contributed by atoms with Crippen LogP contribution in [0.15, 0.2) is 12.1 Å². The molecular weight excluding hydrogens is 200 g/mol. The van der Waals surface area contributed by atoms with Crippen LogP contribution in [-0.4, -0.2) is 12.2 Å². The third-order valence-corrected chi connectivity index (χ3v) is 3.37. The van der Waals surface area contributed by atoms with Gasteiger partial charge in [-0.15, -0.1) is 0 Å². The molecule has 2 heteroatoms. The van der Waals surface area contributed by atoms with E-state index in [-0.39, 0.29) is 5.92 Å². The van der Waals surface area contributed by atoms with Crippen molar-refractivity contribution in [2.45, 2.75) is 40.2 Å². The molecule has 0 aliphatic carbocycles. The van der Waals surface area contributed by atoms with Crippen LogP contribution in [0.5, 0.6) is 5.75 Å². The molecular formula is C14H22O2. The number of methoxy groups -OCH3 is 1. The Morgan fingerprint density at radius 2 is 1.62 bits per heavy atom. The Morgan fingerprint density at radius 1 is 1.19 bits per heavy atom. The summed E-state index contributed by atoms with van der Waals surface area (Å²) in [5, 5.41) is 10.4. The first-order valence-electron chi connectivity index (χ1n) is 5.68. The Morgan fingerprint density at radius 3 is 1.94 bits per heavy atom. The minimum absolute atomic E-state index is 0.180. The van der Waals surface area contributed by atoms with E-state index in [4.69, 9.17) is 4.74 Å². The lowest BCUT2D eigenvalue weighted by Crippen LogP contribution is -2.28. The number of rotatable bonds is 3. The third kappa shape index (κ3) is 2.22. The first kappa shape index (κ1) is 13.0. The number of ether oxygens (including phenoxy) is 1. The average molecular weight is 222 g/mol. The summed E-state index contributed by atoms with van der Waals surface area (Å²) < 4.78 is 5.32. The molecule has 0 heterocycles. The van der Waals surface area contributed by atoms with Crippen molar-refractivity contribution < 1.29 is 9.84 Å². The van der Waals surface area contributed by atoms with Gasteiger partial charge in [0, 0.05) is 0 Å². The van der Waals surface area contributed by atoms with Crippen LogP contribution in [0.4, 0.5) is 0 Å². The number of benzene rings is 1. The van der Waals surface area contributed by atoms with Gasteiger partial charge in [-0.1, -0.05) is 13.8 Å². The molecule has 1 aromatic carbocycles. The molecule has 0 bridgehead atoms. The molecule has 0 saturated heterocycles. The van der Waals surface area contributed by atoms with Gasteiger partial charge in [-0.25, -0.2) is 0 Å². The van der Waals surface area contributed by atoms with Crippen molar-refractivity contribution >= 4 is 0 Å². The van der Waals surface area contributed by atoms with Crippen molar-refractivity contribution in [1.82, 2.24) is 0 Å². The normalized spacial score (nSPS) is 15.0. The lowest BCUT2D eigenvalue weighted by molar-refractivity contribution is 0.00891. The maximum Gasteiger partial charge on any atom is 0.124 e. The minimum atomic E-state index is -0.790. The van der Waals surface area contributed by atoms with E-state index in [1.165, 1.54) is 0 Å². The predicted octanol–water partition coefficient (Wildman–Crippen LogP) is 3.18. The third-order valence-electron chi connectivity index (χ3n) is 3.37. The fraction of sp³-hybridized carbons (Fsp3) is 0.571. The summed E-state index contributed by atoms with van der Waals surface area (Å²) in [6.45, 7) is 9.92. The molecule has 0 saturated carbocycles. The molecule has 16 heavy (non-hydrogen) atoms. The number of aryl methyl sites for hydroxylation is 2. The van der Waals surface area contributed by atoms with Crippen molar-refractivity contribution in [2.24, 2.45) is 5.92 Å². The van der Waals surface area contributed by atoms with Gasteiger partial charge in [0.05, 0.1) is 12.7 Å². The average Bonchev–Trinajstić information content (AvgIpc) is 2.16. The van der Waals surface area contributed by atoms with Gasteiger partial charge < -0.3 is 9.84 Å². The van der Waals surface area contributed by atoms with E-state index in [9.17, 15) is 5.11 Å². The molecule has 1 unspecified atom stereocenters. The lowest BCUT2D eigenvalue weighted by Gasteiger charge is -2.29. The van der Waals surface area contributed by atoms with E-state index in [1.54, 1.807) is 7.11 Å². The zero-order valence-corrected chi connectivity index (χ0v) is 11.1. The first-order chi connectivity index (χ1) is 7.30. The highest BCUT2D eigenvalue weighted by molar-refractivity contribution is 5.44. The molecule has 0 amide bonds. The summed E-state index contributed by atoms with van der Waals surface area (Å²) >= 11 is 0. The highest BCUT2D eigenvalue weighted by Crippen LogP contribution is 2.33. The zero-order chi connectivity index (χ0) is 12.5. The van der Waals surface area contributed by atoms with E-state index in [1.807, 2.05) is 46.8 Å². The van der Waals surface area contributed by atoms with Gasteiger partial charge in [0.2, 0.25) is 0 Å². The van der Waals surface area contributed by atoms with Crippen LogP contribution < -0.4 is 4.74 Å². The maximum atomic E-state index is 10.4. The summed E-state index contributed by atoms with van der Waals surface area (Å²) in [4.78, 5) is 0. The zero-order valence-electron chi connectivity index (χ0n) is 11.1. The molecule has 0 aromatic heterocycles. The Kier molecular flexibility index (Phi) is 3.64. The fourth-order valence-corrected chi connectivity index (χ4v) is 1.90. The van der Waals surface area contributed by atoms with E-state index >= 15 is 0 Å². The number of hydrogen-bond donors (Lipinski definition) is 1. The second kappa shape index (κ2) is 4.46. The molecule has 1 rings (SSSR count). The Labute approximate surface area is 98.3 Å². The van der Waals surface area contributed by atoms with Crippen LogP contribution in [0.2, 0.25) is 0 Å². The quantitative estimate of drug-likeness (QED) is 0.851. The lowest BCUT2D eigenvalue weighted by atomic mass is 9.84. The molecule has 0 aliphatic heterocycles. The van der Waals surface area contributed by atoms with Crippen LogP contribution >= 0.6 is 0 Å². The molecule has 1 N–H and O–H groups in total. The number of hydrogen-bond acceptors (Lipinski definition) is 2. The van der Waals surface area contributed by atoms with E-state index < -0.39 is 5.60 Å². The molecule has 0 fully saturated rings. The van der Waals surface area contributed by atoms with Crippen LogP contribution in [-0.2, 0) is 5.60 Å². The molecule has 1 aromatic rings.